The van der Waals surface area contributed by atoms with E-state index >= 15 is 0 Å². The number of nitrogens with zero attached hydrogens (tertiary/aromatic N) is 3. The summed E-state index contributed by atoms with van der Waals surface area (Å²) in [6.45, 7) is 1.78. The Morgan fingerprint density at radius 2 is 1.84 bits per heavy atom. The summed E-state index contributed by atoms with van der Waals surface area (Å²) in [7, 11) is 5.00. The van der Waals surface area contributed by atoms with E-state index < -0.39 is 18.2 Å². The van der Waals surface area contributed by atoms with Crippen molar-refractivity contribution in [2.75, 3.05) is 21.2 Å². The van der Waals surface area contributed by atoms with Crippen LogP contribution in [0.15, 0.2) is 46.7 Å². The average Bonchev–Trinajstić information content (AvgIpc) is 3.12. The Labute approximate surface area is 188 Å². The van der Waals surface area contributed by atoms with Crippen molar-refractivity contribution in [3.63, 3.8) is 0 Å². The van der Waals surface area contributed by atoms with Gasteiger partial charge in [0.05, 0.1) is 5.71 Å². The van der Waals surface area contributed by atoms with Gasteiger partial charge in [-0.2, -0.15) is 13.2 Å². The molecule has 0 saturated carbocycles. The van der Waals surface area contributed by atoms with E-state index in [4.69, 9.17) is 32.9 Å². The molecule has 1 aliphatic rings. The van der Waals surface area contributed by atoms with Crippen molar-refractivity contribution < 1.29 is 22.8 Å². The summed E-state index contributed by atoms with van der Waals surface area (Å²) in [5, 5.41) is 8.01. The van der Waals surface area contributed by atoms with Crippen molar-refractivity contribution >= 4 is 34.7 Å². The third-order valence-corrected chi connectivity index (χ3v) is 5.44. The van der Waals surface area contributed by atoms with Crippen molar-refractivity contribution in [3.05, 3.63) is 68.7 Å². The molecule has 1 unspecified atom stereocenters. The molecule has 0 N–H and O–H groups in total. The van der Waals surface area contributed by atoms with Crippen LogP contribution < -0.4 is 0 Å². The predicted molar refractivity (Wildman–Crippen MR) is 115 cm³/mol. The molecule has 0 spiro atoms. The minimum atomic E-state index is -4.76. The number of amidine groups is 1. The van der Waals surface area contributed by atoms with Gasteiger partial charge in [-0.15, -0.1) is 0 Å². The summed E-state index contributed by atoms with van der Waals surface area (Å²) in [5.41, 5.74) is -0.839. The maximum absolute atomic E-state index is 14.2. The van der Waals surface area contributed by atoms with Gasteiger partial charge in [0.25, 0.3) is 5.60 Å². The van der Waals surface area contributed by atoms with Crippen LogP contribution in [0.25, 0.3) is 0 Å². The monoisotopic (exact) mass is 473 g/mol. The Bertz CT molecular complexity index is 1030. The normalized spacial score (nSPS) is 19.1. The number of rotatable bonds is 4. The fourth-order valence-electron chi connectivity index (χ4n) is 3.48. The molecule has 10 heteroatoms. The fraction of sp³-hybridized carbons (Fsp3) is 0.333. The molecular weight excluding hydrogens is 454 g/mol. The van der Waals surface area contributed by atoms with Gasteiger partial charge < -0.3 is 14.6 Å². The van der Waals surface area contributed by atoms with E-state index in [1.54, 1.807) is 44.1 Å². The highest BCUT2D eigenvalue weighted by molar-refractivity contribution is 6.34. The smallest absolute Gasteiger partial charge is 0.397 e. The molecule has 31 heavy (non-hydrogen) atoms. The molecule has 3 rings (SSSR count). The third-order valence-electron chi connectivity index (χ3n) is 5.00. The molecule has 0 aliphatic carbocycles. The van der Waals surface area contributed by atoms with Crippen LogP contribution in [0.5, 0.6) is 0 Å². The van der Waals surface area contributed by atoms with Crippen LogP contribution in [0.2, 0.25) is 10.0 Å². The van der Waals surface area contributed by atoms with Crippen molar-refractivity contribution in [2.24, 2.45) is 10.3 Å². The fourth-order valence-corrected chi connectivity index (χ4v) is 4.01. The number of oxime groups is 2. The maximum atomic E-state index is 14.2. The molecule has 0 fully saturated rings. The summed E-state index contributed by atoms with van der Waals surface area (Å²) in [6.07, 6.45) is -5.29. The molecule has 0 saturated heterocycles. The van der Waals surface area contributed by atoms with E-state index in [0.29, 0.717) is 22.5 Å². The molecule has 2 aromatic rings. The SMILES string of the molecule is CO/N=C(/c1cccc(C2=NOC(c3cc(Cl)cc(Cl)c3)(C(F)(F)F)C2)c1C)N(C)C. The largest absolute Gasteiger partial charge is 0.435 e. The molecule has 1 aliphatic heterocycles. The molecule has 0 amide bonds. The first-order valence-electron chi connectivity index (χ1n) is 9.17. The van der Waals surface area contributed by atoms with E-state index in [1.807, 2.05) is 0 Å². The van der Waals surface area contributed by atoms with E-state index in [1.165, 1.54) is 25.3 Å². The molecule has 5 nitrogen and oxygen atoms in total. The van der Waals surface area contributed by atoms with Crippen LogP contribution in [-0.2, 0) is 15.3 Å². The summed E-state index contributed by atoms with van der Waals surface area (Å²) in [4.78, 5) is 11.8. The van der Waals surface area contributed by atoms with Crippen LogP contribution in [-0.4, -0.2) is 43.8 Å². The van der Waals surface area contributed by atoms with Crippen LogP contribution >= 0.6 is 23.2 Å². The molecule has 1 atom stereocenters. The lowest BCUT2D eigenvalue weighted by Gasteiger charge is -2.29. The van der Waals surface area contributed by atoms with Crippen LogP contribution in [0, 0.1) is 6.92 Å². The minimum Gasteiger partial charge on any atom is -0.397 e. The first-order chi connectivity index (χ1) is 14.5. The van der Waals surface area contributed by atoms with Gasteiger partial charge in [-0.25, -0.2) is 0 Å². The van der Waals surface area contributed by atoms with E-state index in [9.17, 15) is 13.2 Å². The summed E-state index contributed by atoms with van der Waals surface area (Å²) >= 11 is 11.9. The van der Waals surface area contributed by atoms with Crippen LogP contribution in [0.1, 0.15) is 28.7 Å². The molecule has 0 aromatic heterocycles. The highest BCUT2D eigenvalue weighted by Crippen LogP contribution is 2.50. The Morgan fingerprint density at radius 1 is 1.19 bits per heavy atom. The first kappa shape index (κ1) is 23.2. The number of alkyl halides is 3. The zero-order valence-corrected chi connectivity index (χ0v) is 18.7. The number of hydrogen-bond acceptors (Lipinski definition) is 4. The number of benzene rings is 2. The summed E-state index contributed by atoms with van der Waals surface area (Å²) in [5.74, 6) is 0.519. The van der Waals surface area contributed by atoms with Gasteiger partial charge in [-0.05, 0) is 30.7 Å². The molecule has 166 valence electrons. The topological polar surface area (TPSA) is 46.4 Å². The second kappa shape index (κ2) is 8.59. The van der Waals surface area contributed by atoms with Crippen molar-refractivity contribution in [1.82, 2.24) is 4.90 Å². The third kappa shape index (κ3) is 4.32. The lowest BCUT2D eigenvalue weighted by atomic mass is 9.85. The Hall–Kier alpha value is -2.45. The second-order valence-corrected chi connectivity index (χ2v) is 8.13. The lowest BCUT2D eigenvalue weighted by molar-refractivity contribution is -0.275. The van der Waals surface area contributed by atoms with Gasteiger partial charge in [0.1, 0.15) is 7.11 Å². The highest BCUT2D eigenvalue weighted by Gasteiger charge is 2.62. The van der Waals surface area contributed by atoms with Gasteiger partial charge in [-0.3, -0.25) is 0 Å². The average molecular weight is 474 g/mol. The maximum Gasteiger partial charge on any atom is 0.435 e. The number of halogens is 5. The quantitative estimate of drug-likeness (QED) is 0.322. The minimum absolute atomic E-state index is 0.0766. The zero-order valence-electron chi connectivity index (χ0n) is 17.2. The zero-order chi connectivity index (χ0) is 23.0. The van der Waals surface area contributed by atoms with E-state index in [2.05, 4.69) is 10.3 Å². The second-order valence-electron chi connectivity index (χ2n) is 7.26. The van der Waals surface area contributed by atoms with Crippen LogP contribution in [0.3, 0.4) is 0 Å². The summed E-state index contributed by atoms with van der Waals surface area (Å²) in [6, 6.07) is 8.97. The Balaban J connectivity index is 2.07. The predicted octanol–water partition coefficient (Wildman–Crippen LogP) is 5.75. The van der Waals surface area contributed by atoms with E-state index in [-0.39, 0.29) is 21.3 Å². The Morgan fingerprint density at radius 3 is 2.39 bits per heavy atom. The molecular formula is C21H20Cl2F3N3O2. The molecule has 1 heterocycles. The van der Waals surface area contributed by atoms with Gasteiger partial charge >= 0.3 is 6.18 Å². The van der Waals surface area contributed by atoms with Crippen LogP contribution in [0.4, 0.5) is 13.2 Å². The molecule has 0 bridgehead atoms. The molecule has 2 aromatic carbocycles. The Kier molecular flexibility index (Phi) is 6.43. The van der Waals surface area contributed by atoms with Gasteiger partial charge in [-0.1, -0.05) is 51.7 Å². The van der Waals surface area contributed by atoms with Crippen molar-refractivity contribution in [2.45, 2.75) is 25.1 Å². The lowest BCUT2D eigenvalue weighted by Crippen LogP contribution is -2.42. The van der Waals surface area contributed by atoms with E-state index in [0.717, 1.165) is 0 Å². The highest BCUT2D eigenvalue weighted by atomic mass is 35.5. The van der Waals surface area contributed by atoms with Crippen molar-refractivity contribution in [1.29, 1.82) is 0 Å². The molecule has 0 radical (unpaired) electrons. The van der Waals surface area contributed by atoms with Gasteiger partial charge in [0, 0.05) is 47.3 Å². The number of hydrogen-bond donors (Lipinski definition) is 0. The standard InChI is InChI=1S/C21H20Cl2F3N3O2/c1-12-16(6-5-7-17(12)19(28-30-4)29(2)3)18-11-20(31-27-18,21(24,25)26)13-8-14(22)10-15(23)9-13/h5-10H,11H2,1-4H3/b28-19-. The first-order valence-corrected chi connectivity index (χ1v) is 9.93. The van der Waals surface area contributed by atoms with Gasteiger partial charge in [0.15, 0.2) is 5.84 Å². The van der Waals surface area contributed by atoms with Gasteiger partial charge in [0.2, 0.25) is 0 Å². The summed E-state index contributed by atoms with van der Waals surface area (Å²) < 4.78 is 42.7. The van der Waals surface area contributed by atoms with Crippen molar-refractivity contribution in [3.8, 4) is 0 Å².